The van der Waals surface area contributed by atoms with Crippen molar-refractivity contribution in [1.29, 1.82) is 0 Å². The van der Waals surface area contributed by atoms with E-state index in [1.54, 1.807) is 13.0 Å². The van der Waals surface area contributed by atoms with E-state index in [-0.39, 0.29) is 23.5 Å². The number of sulfonamides is 1. The number of halogens is 2. The number of rotatable bonds is 6. The van der Waals surface area contributed by atoms with E-state index in [9.17, 15) is 31.9 Å². The number of β-amino-alcohol motifs (C(OH)–C–C–N with tert-alkyl or cyclic N) is 1. The average Bonchev–Trinajstić information content (AvgIpc) is 3.13. The van der Waals surface area contributed by atoms with Crippen LogP contribution in [0.5, 0.6) is 0 Å². The third kappa shape index (κ3) is 5.12. The van der Waals surface area contributed by atoms with Crippen LogP contribution in [0.15, 0.2) is 41.3 Å². The molecule has 2 atom stereocenters. The quantitative estimate of drug-likeness (QED) is 0.626. The van der Waals surface area contributed by atoms with Gasteiger partial charge in [0.2, 0.25) is 10.0 Å². The molecule has 0 aliphatic carbocycles. The number of nitrogens with zero attached hydrogens (tertiary/aromatic N) is 1. The first kappa shape index (κ1) is 23.8. The van der Waals surface area contributed by atoms with Crippen LogP contribution in [0.3, 0.4) is 0 Å². The standard InChI is InChI=1S/C21H22F2N2O6S/c1-12-3-5-16(7-13(12)2)32(29,30)25-10-15(26)9-19(25)21(28)31-11-20(27)24-18-6-4-14(22)8-17(18)23/h3-8,15,19,26H,9-11H2,1-2H3,(H,24,27)/t15?,19-/m0/s1. The van der Waals surface area contributed by atoms with E-state index >= 15 is 0 Å². The number of aliphatic hydroxyl groups excluding tert-OH is 1. The highest BCUT2D eigenvalue weighted by Gasteiger charge is 2.44. The number of aryl methyl sites for hydroxylation is 2. The summed E-state index contributed by atoms with van der Waals surface area (Å²) in [7, 11) is -4.12. The molecule has 0 aromatic heterocycles. The molecule has 0 radical (unpaired) electrons. The fourth-order valence-electron chi connectivity index (χ4n) is 3.28. The first-order valence-corrected chi connectivity index (χ1v) is 11.1. The predicted molar refractivity (Wildman–Crippen MR) is 110 cm³/mol. The number of esters is 1. The molecule has 11 heteroatoms. The highest BCUT2D eigenvalue weighted by Crippen LogP contribution is 2.28. The van der Waals surface area contributed by atoms with E-state index in [1.165, 1.54) is 12.1 Å². The van der Waals surface area contributed by atoms with Gasteiger partial charge in [0.05, 0.1) is 16.7 Å². The normalized spacial score (nSPS) is 19.0. The molecule has 1 unspecified atom stereocenters. The molecule has 32 heavy (non-hydrogen) atoms. The van der Waals surface area contributed by atoms with Crippen molar-refractivity contribution in [2.75, 3.05) is 18.5 Å². The monoisotopic (exact) mass is 468 g/mol. The Morgan fingerprint density at radius 1 is 1.16 bits per heavy atom. The minimum Gasteiger partial charge on any atom is -0.454 e. The minimum atomic E-state index is -4.12. The molecule has 0 saturated carbocycles. The van der Waals surface area contributed by atoms with Gasteiger partial charge in [-0.1, -0.05) is 6.07 Å². The number of nitrogens with one attached hydrogen (secondary N) is 1. The lowest BCUT2D eigenvalue weighted by Gasteiger charge is -2.22. The maximum absolute atomic E-state index is 13.6. The second-order valence-corrected chi connectivity index (χ2v) is 9.40. The summed E-state index contributed by atoms with van der Waals surface area (Å²) >= 11 is 0. The molecule has 2 aromatic rings. The molecular formula is C21H22F2N2O6S. The van der Waals surface area contributed by atoms with Gasteiger partial charge in [0.25, 0.3) is 5.91 Å². The Balaban J connectivity index is 1.69. The van der Waals surface area contributed by atoms with Gasteiger partial charge in [0.1, 0.15) is 17.7 Å². The van der Waals surface area contributed by atoms with Gasteiger partial charge < -0.3 is 15.2 Å². The Morgan fingerprint density at radius 3 is 2.53 bits per heavy atom. The van der Waals surface area contributed by atoms with E-state index in [2.05, 4.69) is 5.32 Å². The van der Waals surface area contributed by atoms with Crippen molar-refractivity contribution in [2.45, 2.75) is 37.3 Å². The van der Waals surface area contributed by atoms with Gasteiger partial charge in [-0.2, -0.15) is 4.31 Å². The van der Waals surface area contributed by atoms with Crippen LogP contribution in [0.25, 0.3) is 0 Å². The molecule has 0 spiro atoms. The summed E-state index contributed by atoms with van der Waals surface area (Å²) in [5.41, 5.74) is 1.34. The molecule has 172 valence electrons. The zero-order valence-corrected chi connectivity index (χ0v) is 18.2. The fourth-order valence-corrected chi connectivity index (χ4v) is 5.00. The number of hydrogen-bond donors (Lipinski definition) is 2. The van der Waals surface area contributed by atoms with Crippen LogP contribution in [0.4, 0.5) is 14.5 Å². The van der Waals surface area contributed by atoms with Crippen LogP contribution in [0.1, 0.15) is 17.5 Å². The van der Waals surface area contributed by atoms with Gasteiger partial charge in [-0.25, -0.2) is 17.2 Å². The van der Waals surface area contributed by atoms with Crippen molar-refractivity contribution in [3.63, 3.8) is 0 Å². The molecule has 1 amide bonds. The summed E-state index contributed by atoms with van der Waals surface area (Å²) in [5.74, 6) is -3.75. The molecule has 1 aliphatic heterocycles. The average molecular weight is 468 g/mol. The molecule has 3 rings (SSSR count). The number of anilines is 1. The number of amides is 1. The Bertz CT molecular complexity index is 1150. The smallest absolute Gasteiger partial charge is 0.325 e. The third-order valence-corrected chi connectivity index (χ3v) is 7.01. The lowest BCUT2D eigenvalue weighted by atomic mass is 10.1. The van der Waals surface area contributed by atoms with Crippen molar-refractivity contribution >= 4 is 27.6 Å². The van der Waals surface area contributed by atoms with E-state index in [1.807, 2.05) is 6.92 Å². The summed E-state index contributed by atoms with van der Waals surface area (Å²) in [4.78, 5) is 24.5. The van der Waals surface area contributed by atoms with Crippen molar-refractivity contribution < 1.29 is 36.6 Å². The number of ether oxygens (including phenoxy) is 1. The molecule has 0 bridgehead atoms. The molecule has 1 saturated heterocycles. The first-order chi connectivity index (χ1) is 15.0. The summed E-state index contributed by atoms with van der Waals surface area (Å²) in [5, 5.41) is 12.1. The van der Waals surface area contributed by atoms with Gasteiger partial charge in [-0.3, -0.25) is 9.59 Å². The van der Waals surface area contributed by atoms with Gasteiger partial charge in [-0.05, 0) is 49.2 Å². The van der Waals surface area contributed by atoms with E-state index < -0.39 is 52.3 Å². The number of aliphatic hydroxyl groups is 1. The first-order valence-electron chi connectivity index (χ1n) is 9.67. The molecule has 2 aromatic carbocycles. The largest absolute Gasteiger partial charge is 0.454 e. The van der Waals surface area contributed by atoms with Crippen LogP contribution in [0, 0.1) is 25.5 Å². The summed E-state index contributed by atoms with van der Waals surface area (Å²) < 4.78 is 58.5. The lowest BCUT2D eigenvalue weighted by molar-refractivity contribution is -0.150. The van der Waals surface area contributed by atoms with Crippen molar-refractivity contribution in [3.05, 3.63) is 59.2 Å². The van der Waals surface area contributed by atoms with Crippen LogP contribution in [-0.2, 0) is 24.3 Å². The minimum absolute atomic E-state index is 0.0305. The molecule has 1 aliphatic rings. The Kier molecular flexibility index (Phi) is 6.91. The SMILES string of the molecule is Cc1ccc(S(=O)(=O)N2CC(O)C[C@H]2C(=O)OCC(=O)Nc2ccc(F)cc2F)cc1C. The fraction of sp³-hybridized carbons (Fsp3) is 0.333. The van der Waals surface area contributed by atoms with Gasteiger partial charge >= 0.3 is 5.97 Å². The number of carbonyl (C=O) groups is 2. The van der Waals surface area contributed by atoms with Gasteiger partial charge in [0.15, 0.2) is 6.61 Å². The number of carbonyl (C=O) groups excluding carboxylic acids is 2. The van der Waals surface area contributed by atoms with E-state index in [0.717, 1.165) is 27.6 Å². The number of benzene rings is 2. The summed E-state index contributed by atoms with van der Waals surface area (Å²) in [6.07, 6.45) is -1.28. The van der Waals surface area contributed by atoms with Crippen molar-refractivity contribution in [2.24, 2.45) is 0 Å². The lowest BCUT2D eigenvalue weighted by Crippen LogP contribution is -2.42. The van der Waals surface area contributed by atoms with E-state index in [4.69, 9.17) is 4.74 Å². The molecular weight excluding hydrogens is 446 g/mol. The molecule has 8 nitrogen and oxygen atoms in total. The maximum Gasteiger partial charge on any atom is 0.325 e. The predicted octanol–water partition coefficient (Wildman–Crippen LogP) is 1.89. The van der Waals surface area contributed by atoms with Gasteiger partial charge in [0, 0.05) is 19.0 Å². The van der Waals surface area contributed by atoms with Crippen LogP contribution in [-0.4, -0.2) is 55.0 Å². The Hall–Kier alpha value is -2.89. The van der Waals surface area contributed by atoms with Crippen LogP contribution >= 0.6 is 0 Å². The maximum atomic E-state index is 13.6. The van der Waals surface area contributed by atoms with Crippen LogP contribution < -0.4 is 5.32 Å². The highest BCUT2D eigenvalue weighted by atomic mass is 32.2. The number of hydrogen-bond acceptors (Lipinski definition) is 6. The zero-order valence-electron chi connectivity index (χ0n) is 17.3. The Morgan fingerprint density at radius 2 is 1.88 bits per heavy atom. The summed E-state index contributed by atoms with van der Waals surface area (Å²) in [6.45, 7) is 2.46. The highest BCUT2D eigenvalue weighted by molar-refractivity contribution is 7.89. The zero-order chi connectivity index (χ0) is 23.6. The van der Waals surface area contributed by atoms with E-state index in [0.29, 0.717) is 6.07 Å². The second kappa shape index (κ2) is 9.31. The van der Waals surface area contributed by atoms with Crippen molar-refractivity contribution in [3.8, 4) is 0 Å². The molecule has 1 heterocycles. The molecule has 2 N–H and O–H groups in total. The van der Waals surface area contributed by atoms with Crippen LogP contribution in [0.2, 0.25) is 0 Å². The summed E-state index contributed by atoms with van der Waals surface area (Å²) in [6, 6.07) is 5.73. The third-order valence-electron chi connectivity index (χ3n) is 5.14. The second-order valence-electron chi connectivity index (χ2n) is 7.51. The van der Waals surface area contributed by atoms with Gasteiger partial charge in [-0.15, -0.1) is 0 Å². The molecule has 1 fully saturated rings. The Labute approximate surface area is 183 Å². The van der Waals surface area contributed by atoms with Crippen molar-refractivity contribution in [1.82, 2.24) is 4.31 Å². The topological polar surface area (TPSA) is 113 Å².